The van der Waals surface area contributed by atoms with E-state index in [-0.39, 0.29) is 17.9 Å². The Morgan fingerprint density at radius 3 is 2.29 bits per heavy atom. The van der Waals surface area contributed by atoms with E-state index < -0.39 is 27.6 Å². The van der Waals surface area contributed by atoms with Crippen LogP contribution in [-0.4, -0.2) is 32.6 Å². The van der Waals surface area contributed by atoms with Crippen molar-refractivity contribution in [1.29, 1.82) is 0 Å². The molecule has 2 N–H and O–H groups in total. The molecule has 0 heterocycles. The van der Waals surface area contributed by atoms with E-state index in [4.69, 9.17) is 0 Å². The zero-order chi connectivity index (χ0) is 18.8. The number of carbonyl (C=O) groups excluding carboxylic acids is 1. The summed E-state index contributed by atoms with van der Waals surface area (Å²) in [5.74, 6) is -2.06. The third kappa shape index (κ3) is 6.40. The Kier molecular flexibility index (Phi) is 6.45. The first-order valence-electron chi connectivity index (χ1n) is 6.90. The van der Waals surface area contributed by atoms with Crippen molar-refractivity contribution in [3.05, 3.63) is 28.2 Å². The number of hydrogen-bond donors (Lipinski definition) is 2. The molecular formula is C14H18BrF3N2O3S. The second-order valence-corrected chi connectivity index (χ2v) is 8.68. The average molecular weight is 431 g/mol. The molecule has 1 aromatic rings. The molecule has 1 aromatic carbocycles. The highest BCUT2D eigenvalue weighted by Crippen LogP contribution is 2.23. The van der Waals surface area contributed by atoms with Crippen molar-refractivity contribution < 1.29 is 26.4 Å². The van der Waals surface area contributed by atoms with E-state index in [1.165, 1.54) is 18.2 Å². The quantitative estimate of drug-likeness (QED) is 0.753. The van der Waals surface area contributed by atoms with Crippen molar-refractivity contribution in [1.82, 2.24) is 10.0 Å². The van der Waals surface area contributed by atoms with Gasteiger partial charge in [0.25, 0.3) is 0 Å². The van der Waals surface area contributed by atoms with Gasteiger partial charge >= 0.3 is 12.1 Å². The van der Waals surface area contributed by atoms with Gasteiger partial charge in [-0.25, -0.2) is 13.1 Å². The molecule has 5 nitrogen and oxygen atoms in total. The van der Waals surface area contributed by atoms with Crippen molar-refractivity contribution in [3.8, 4) is 0 Å². The molecule has 0 bridgehead atoms. The lowest BCUT2D eigenvalue weighted by Crippen LogP contribution is -2.41. The lowest BCUT2D eigenvalue weighted by molar-refractivity contribution is -0.173. The van der Waals surface area contributed by atoms with Gasteiger partial charge in [0.15, 0.2) is 0 Å². The van der Waals surface area contributed by atoms with E-state index in [0.29, 0.717) is 10.0 Å². The molecule has 0 aromatic heterocycles. The number of sulfonamides is 1. The van der Waals surface area contributed by atoms with Crippen LogP contribution in [0.1, 0.15) is 26.3 Å². The van der Waals surface area contributed by atoms with E-state index in [1.54, 1.807) is 26.1 Å². The molecule has 0 fully saturated rings. The summed E-state index contributed by atoms with van der Waals surface area (Å²) < 4.78 is 64.5. The standard InChI is InChI=1S/C14H18BrF3N2O3S/c1-13(2,3)20-24(22,23)11-5-4-10(15)8-9(11)6-7-19-12(21)14(16,17)18/h4-5,8,20H,6-7H2,1-3H3,(H,19,21). The van der Waals surface area contributed by atoms with Crippen molar-refractivity contribution >= 4 is 31.9 Å². The maximum atomic E-state index is 12.4. The van der Waals surface area contributed by atoms with Crippen LogP contribution >= 0.6 is 15.9 Å². The Labute approximate surface area is 147 Å². The highest BCUT2D eigenvalue weighted by molar-refractivity contribution is 9.10. The highest BCUT2D eigenvalue weighted by Gasteiger charge is 2.38. The van der Waals surface area contributed by atoms with E-state index in [0.717, 1.165) is 0 Å². The zero-order valence-electron chi connectivity index (χ0n) is 13.3. The molecule has 1 amide bonds. The van der Waals surface area contributed by atoms with Gasteiger partial charge in [0.1, 0.15) is 0 Å². The smallest absolute Gasteiger partial charge is 0.348 e. The van der Waals surface area contributed by atoms with Gasteiger partial charge in [-0.3, -0.25) is 4.79 Å². The number of alkyl halides is 3. The molecule has 0 aliphatic heterocycles. The van der Waals surface area contributed by atoms with Crippen molar-refractivity contribution in [3.63, 3.8) is 0 Å². The summed E-state index contributed by atoms with van der Waals surface area (Å²) in [7, 11) is -3.85. The monoisotopic (exact) mass is 430 g/mol. The Bertz CT molecular complexity index is 713. The maximum absolute atomic E-state index is 12.4. The Morgan fingerprint density at radius 2 is 1.79 bits per heavy atom. The lowest BCUT2D eigenvalue weighted by atomic mass is 10.1. The molecule has 0 aliphatic rings. The van der Waals surface area contributed by atoms with Crippen molar-refractivity contribution in [2.75, 3.05) is 6.54 Å². The summed E-state index contributed by atoms with van der Waals surface area (Å²) in [6, 6.07) is 4.38. The molecule has 10 heteroatoms. The number of nitrogens with one attached hydrogen (secondary N) is 2. The molecule has 1 rings (SSSR count). The summed E-state index contributed by atoms with van der Waals surface area (Å²) in [5, 5.41) is 1.72. The SMILES string of the molecule is CC(C)(C)NS(=O)(=O)c1ccc(Br)cc1CCNC(=O)C(F)(F)F. The Hall–Kier alpha value is -1.13. The van der Waals surface area contributed by atoms with E-state index in [9.17, 15) is 26.4 Å². The fraction of sp³-hybridized carbons (Fsp3) is 0.500. The lowest BCUT2D eigenvalue weighted by Gasteiger charge is -2.21. The minimum Gasteiger partial charge on any atom is -0.348 e. The summed E-state index contributed by atoms with van der Waals surface area (Å²) in [5.41, 5.74) is -0.420. The van der Waals surface area contributed by atoms with Gasteiger partial charge in [0.2, 0.25) is 10.0 Å². The van der Waals surface area contributed by atoms with Crippen LogP contribution in [0.25, 0.3) is 0 Å². The minimum absolute atomic E-state index is 0.0399. The molecule has 0 saturated heterocycles. The largest absolute Gasteiger partial charge is 0.471 e. The first-order valence-corrected chi connectivity index (χ1v) is 9.17. The topological polar surface area (TPSA) is 75.3 Å². The number of amides is 1. The fourth-order valence-electron chi connectivity index (χ4n) is 1.87. The van der Waals surface area contributed by atoms with Crippen LogP contribution in [0.2, 0.25) is 0 Å². The normalized spacial score (nSPS) is 13.0. The second-order valence-electron chi connectivity index (χ2n) is 6.11. The zero-order valence-corrected chi connectivity index (χ0v) is 15.7. The van der Waals surface area contributed by atoms with E-state index in [2.05, 4.69) is 20.7 Å². The van der Waals surface area contributed by atoms with Crippen LogP contribution in [0, 0.1) is 0 Å². The first kappa shape index (κ1) is 20.9. The third-order valence-electron chi connectivity index (χ3n) is 2.69. The van der Waals surface area contributed by atoms with Gasteiger partial charge in [0.05, 0.1) is 4.90 Å². The molecule has 0 spiro atoms. The highest BCUT2D eigenvalue weighted by atomic mass is 79.9. The van der Waals surface area contributed by atoms with Gasteiger partial charge in [-0.05, 0) is 51.0 Å². The Balaban J connectivity index is 3.00. The fourth-order valence-corrected chi connectivity index (χ4v) is 3.95. The van der Waals surface area contributed by atoms with E-state index in [1.807, 2.05) is 0 Å². The molecule has 0 radical (unpaired) electrons. The second kappa shape index (κ2) is 7.40. The van der Waals surface area contributed by atoms with Crippen LogP contribution < -0.4 is 10.0 Å². The van der Waals surface area contributed by atoms with Crippen LogP contribution in [0.15, 0.2) is 27.6 Å². The van der Waals surface area contributed by atoms with Gasteiger partial charge in [-0.15, -0.1) is 0 Å². The minimum atomic E-state index is -4.97. The van der Waals surface area contributed by atoms with Gasteiger partial charge in [-0.2, -0.15) is 13.2 Å². The molecular weight excluding hydrogens is 413 g/mol. The number of benzene rings is 1. The summed E-state index contributed by atoms with van der Waals surface area (Å²) >= 11 is 3.19. The third-order valence-corrected chi connectivity index (χ3v) is 5.04. The number of rotatable bonds is 5. The summed E-state index contributed by atoms with van der Waals surface area (Å²) in [6.45, 7) is 4.68. The molecule has 0 atom stereocenters. The van der Waals surface area contributed by atoms with Crippen molar-refractivity contribution in [2.45, 2.75) is 43.8 Å². The number of hydrogen-bond acceptors (Lipinski definition) is 3. The average Bonchev–Trinajstić information content (AvgIpc) is 2.34. The molecule has 0 aliphatic carbocycles. The van der Waals surface area contributed by atoms with Gasteiger partial charge in [0, 0.05) is 16.6 Å². The predicted octanol–water partition coefficient (Wildman–Crippen LogP) is 2.75. The Morgan fingerprint density at radius 1 is 1.21 bits per heavy atom. The molecule has 0 saturated carbocycles. The predicted molar refractivity (Wildman–Crippen MR) is 87.0 cm³/mol. The van der Waals surface area contributed by atoms with Crippen molar-refractivity contribution in [2.24, 2.45) is 0 Å². The summed E-state index contributed by atoms with van der Waals surface area (Å²) in [4.78, 5) is 10.8. The van der Waals surface area contributed by atoms with E-state index >= 15 is 0 Å². The molecule has 24 heavy (non-hydrogen) atoms. The van der Waals surface area contributed by atoms with Crippen LogP contribution in [-0.2, 0) is 21.2 Å². The van der Waals surface area contributed by atoms with Gasteiger partial charge < -0.3 is 5.32 Å². The maximum Gasteiger partial charge on any atom is 0.471 e. The van der Waals surface area contributed by atoms with Gasteiger partial charge in [-0.1, -0.05) is 15.9 Å². The summed E-state index contributed by atoms with van der Waals surface area (Å²) in [6.07, 6.45) is -5.04. The van der Waals surface area contributed by atoms with Crippen LogP contribution in [0.5, 0.6) is 0 Å². The van der Waals surface area contributed by atoms with Crippen LogP contribution in [0.4, 0.5) is 13.2 Å². The number of carbonyl (C=O) groups is 1. The number of halogens is 4. The molecule has 136 valence electrons. The van der Waals surface area contributed by atoms with Crippen LogP contribution in [0.3, 0.4) is 0 Å². The first-order chi connectivity index (χ1) is 10.7. The molecule has 0 unspecified atom stereocenters.